The van der Waals surface area contributed by atoms with Crippen molar-refractivity contribution < 1.29 is 9.53 Å². The molecule has 144 valence electrons. The Labute approximate surface area is 162 Å². The van der Waals surface area contributed by atoms with Gasteiger partial charge in [0.25, 0.3) is 5.91 Å². The molecule has 1 N–H and O–H groups in total. The molecule has 0 aromatic heterocycles. The molecule has 3 rings (SSSR count). The van der Waals surface area contributed by atoms with E-state index >= 15 is 0 Å². The summed E-state index contributed by atoms with van der Waals surface area (Å²) < 4.78 is 5.26. The van der Waals surface area contributed by atoms with E-state index in [2.05, 4.69) is 41.4 Å². The molecule has 4 nitrogen and oxygen atoms in total. The Morgan fingerprint density at radius 1 is 1.22 bits per heavy atom. The molecule has 0 unspecified atom stereocenters. The summed E-state index contributed by atoms with van der Waals surface area (Å²) >= 11 is 0. The number of amides is 1. The lowest BCUT2D eigenvalue weighted by Crippen LogP contribution is -2.34. The van der Waals surface area contributed by atoms with Gasteiger partial charge < -0.3 is 15.0 Å². The van der Waals surface area contributed by atoms with E-state index in [0.717, 1.165) is 35.9 Å². The van der Waals surface area contributed by atoms with E-state index in [0.29, 0.717) is 5.56 Å². The molecule has 0 spiro atoms. The summed E-state index contributed by atoms with van der Waals surface area (Å²) in [6.07, 6.45) is 2.58. The fourth-order valence-electron chi connectivity index (χ4n) is 3.78. The van der Waals surface area contributed by atoms with Gasteiger partial charge in [0.2, 0.25) is 0 Å². The number of hydrogen-bond acceptors (Lipinski definition) is 3. The third-order valence-electron chi connectivity index (χ3n) is 5.42. The van der Waals surface area contributed by atoms with Crippen molar-refractivity contribution in [3.05, 3.63) is 59.2 Å². The lowest BCUT2D eigenvalue weighted by Gasteiger charge is -2.33. The van der Waals surface area contributed by atoms with Gasteiger partial charge in [0.05, 0.1) is 13.2 Å². The van der Waals surface area contributed by atoms with Crippen LogP contribution in [0.3, 0.4) is 0 Å². The Bertz CT molecular complexity index is 785. The van der Waals surface area contributed by atoms with Crippen LogP contribution >= 0.6 is 0 Å². The third-order valence-corrected chi connectivity index (χ3v) is 5.42. The zero-order valence-corrected chi connectivity index (χ0v) is 16.8. The van der Waals surface area contributed by atoms with Crippen LogP contribution in [0.4, 0.5) is 5.69 Å². The standard InChI is InChI=1S/C23H30N2O2/c1-16-6-5-13-25(15-16)21-10-7-19(8-11-21)18(3)24-23(26)20-9-12-22(27-4)17(2)14-20/h7-12,14,16,18H,5-6,13,15H2,1-4H3,(H,24,26)/t16-,18+/m1/s1. The molecule has 2 aromatic carbocycles. The average Bonchev–Trinajstić information content (AvgIpc) is 2.68. The zero-order chi connectivity index (χ0) is 19.4. The lowest BCUT2D eigenvalue weighted by atomic mass is 9.99. The van der Waals surface area contributed by atoms with Gasteiger partial charge in [-0.1, -0.05) is 19.1 Å². The minimum atomic E-state index is -0.0674. The van der Waals surface area contributed by atoms with Crippen LogP contribution in [0.1, 0.15) is 54.2 Å². The van der Waals surface area contributed by atoms with Gasteiger partial charge in [-0.05, 0) is 74.1 Å². The van der Waals surface area contributed by atoms with Crippen LogP contribution in [-0.4, -0.2) is 26.1 Å². The first kappa shape index (κ1) is 19.3. The molecule has 2 aromatic rings. The number of benzene rings is 2. The van der Waals surface area contributed by atoms with Crippen molar-refractivity contribution in [2.24, 2.45) is 5.92 Å². The highest BCUT2D eigenvalue weighted by atomic mass is 16.5. The van der Waals surface area contributed by atoms with Crippen LogP contribution in [0, 0.1) is 12.8 Å². The van der Waals surface area contributed by atoms with Gasteiger partial charge in [-0.25, -0.2) is 0 Å². The van der Waals surface area contributed by atoms with Gasteiger partial charge in [0, 0.05) is 24.3 Å². The molecule has 0 saturated carbocycles. The summed E-state index contributed by atoms with van der Waals surface area (Å²) in [4.78, 5) is 15.0. The van der Waals surface area contributed by atoms with Crippen molar-refractivity contribution >= 4 is 11.6 Å². The van der Waals surface area contributed by atoms with E-state index in [1.807, 2.05) is 26.0 Å². The minimum Gasteiger partial charge on any atom is -0.496 e. The molecular formula is C23H30N2O2. The van der Waals surface area contributed by atoms with Crippen molar-refractivity contribution in [3.63, 3.8) is 0 Å². The smallest absolute Gasteiger partial charge is 0.251 e. The van der Waals surface area contributed by atoms with Gasteiger partial charge in [0.1, 0.15) is 5.75 Å². The van der Waals surface area contributed by atoms with E-state index < -0.39 is 0 Å². The molecule has 0 radical (unpaired) electrons. The van der Waals surface area contributed by atoms with Crippen LogP contribution in [0.15, 0.2) is 42.5 Å². The summed E-state index contributed by atoms with van der Waals surface area (Å²) in [7, 11) is 1.64. The number of ether oxygens (including phenoxy) is 1. The van der Waals surface area contributed by atoms with E-state index in [9.17, 15) is 4.79 Å². The van der Waals surface area contributed by atoms with E-state index in [-0.39, 0.29) is 11.9 Å². The number of carbonyl (C=O) groups excluding carboxylic acids is 1. The molecule has 1 heterocycles. The molecule has 1 aliphatic heterocycles. The van der Waals surface area contributed by atoms with Crippen LogP contribution < -0.4 is 15.0 Å². The van der Waals surface area contributed by atoms with Crippen LogP contribution in [0.5, 0.6) is 5.75 Å². The molecule has 4 heteroatoms. The number of methoxy groups -OCH3 is 1. The highest BCUT2D eigenvalue weighted by molar-refractivity contribution is 5.94. The van der Waals surface area contributed by atoms with Crippen LogP contribution in [0.25, 0.3) is 0 Å². The largest absolute Gasteiger partial charge is 0.496 e. The first-order chi connectivity index (χ1) is 13.0. The number of carbonyl (C=O) groups is 1. The number of anilines is 1. The topological polar surface area (TPSA) is 41.6 Å². The van der Waals surface area contributed by atoms with Gasteiger partial charge in [-0.2, -0.15) is 0 Å². The molecule has 0 aliphatic carbocycles. The summed E-state index contributed by atoms with van der Waals surface area (Å²) in [5, 5.41) is 3.09. The number of piperidine rings is 1. The fraction of sp³-hybridized carbons (Fsp3) is 0.435. The lowest BCUT2D eigenvalue weighted by molar-refractivity contribution is 0.0940. The first-order valence-corrected chi connectivity index (χ1v) is 9.78. The Kier molecular flexibility index (Phi) is 6.04. The second-order valence-corrected chi connectivity index (χ2v) is 7.66. The van der Waals surface area contributed by atoms with Gasteiger partial charge in [-0.3, -0.25) is 4.79 Å². The molecule has 1 saturated heterocycles. The Morgan fingerprint density at radius 2 is 1.96 bits per heavy atom. The monoisotopic (exact) mass is 366 g/mol. The molecule has 2 atom stereocenters. The minimum absolute atomic E-state index is 0.0470. The highest BCUT2D eigenvalue weighted by Crippen LogP contribution is 2.25. The number of hydrogen-bond donors (Lipinski definition) is 1. The number of rotatable bonds is 5. The van der Waals surface area contributed by atoms with Crippen molar-refractivity contribution in [1.29, 1.82) is 0 Å². The second kappa shape index (κ2) is 8.47. The van der Waals surface area contributed by atoms with Crippen LogP contribution in [-0.2, 0) is 0 Å². The predicted molar refractivity (Wildman–Crippen MR) is 111 cm³/mol. The second-order valence-electron chi connectivity index (χ2n) is 7.66. The van der Waals surface area contributed by atoms with Crippen molar-refractivity contribution in [1.82, 2.24) is 5.32 Å². The fourth-order valence-corrected chi connectivity index (χ4v) is 3.78. The highest BCUT2D eigenvalue weighted by Gasteiger charge is 2.17. The third kappa shape index (κ3) is 4.62. The average molecular weight is 367 g/mol. The van der Waals surface area contributed by atoms with E-state index in [4.69, 9.17) is 4.74 Å². The summed E-state index contributed by atoms with van der Waals surface area (Å²) in [6, 6.07) is 14.0. The summed E-state index contributed by atoms with van der Waals surface area (Å²) in [5.41, 5.74) is 3.99. The maximum absolute atomic E-state index is 12.6. The molecular weight excluding hydrogens is 336 g/mol. The maximum atomic E-state index is 12.6. The molecule has 1 amide bonds. The van der Waals surface area contributed by atoms with Crippen molar-refractivity contribution in [2.45, 2.75) is 39.7 Å². The Balaban J connectivity index is 1.64. The Morgan fingerprint density at radius 3 is 2.59 bits per heavy atom. The van der Waals surface area contributed by atoms with Crippen LogP contribution in [0.2, 0.25) is 0 Å². The normalized spacial score (nSPS) is 18.1. The number of aryl methyl sites for hydroxylation is 1. The quantitative estimate of drug-likeness (QED) is 0.832. The summed E-state index contributed by atoms with van der Waals surface area (Å²) in [6.45, 7) is 8.54. The molecule has 27 heavy (non-hydrogen) atoms. The van der Waals surface area contributed by atoms with Gasteiger partial charge >= 0.3 is 0 Å². The maximum Gasteiger partial charge on any atom is 0.251 e. The van der Waals surface area contributed by atoms with E-state index in [1.165, 1.54) is 18.5 Å². The van der Waals surface area contributed by atoms with Gasteiger partial charge in [-0.15, -0.1) is 0 Å². The SMILES string of the molecule is COc1ccc(C(=O)N[C@@H](C)c2ccc(N3CCC[C@@H](C)C3)cc2)cc1C. The van der Waals surface area contributed by atoms with Crippen molar-refractivity contribution in [2.75, 3.05) is 25.1 Å². The van der Waals surface area contributed by atoms with E-state index in [1.54, 1.807) is 13.2 Å². The number of nitrogens with zero attached hydrogens (tertiary/aromatic N) is 1. The van der Waals surface area contributed by atoms with Gasteiger partial charge in [0.15, 0.2) is 0 Å². The first-order valence-electron chi connectivity index (χ1n) is 9.78. The molecule has 1 fully saturated rings. The zero-order valence-electron chi connectivity index (χ0n) is 16.8. The number of nitrogens with one attached hydrogen (secondary N) is 1. The predicted octanol–water partition coefficient (Wildman–Crippen LogP) is 4.73. The summed E-state index contributed by atoms with van der Waals surface area (Å²) in [5.74, 6) is 1.48. The molecule has 0 bridgehead atoms. The molecule has 1 aliphatic rings. The van der Waals surface area contributed by atoms with Crippen molar-refractivity contribution in [3.8, 4) is 5.75 Å². The Hall–Kier alpha value is -2.49.